The Labute approximate surface area is 109 Å². The van der Waals surface area contributed by atoms with E-state index in [1.807, 2.05) is 6.07 Å². The number of rotatable bonds is 3. The van der Waals surface area contributed by atoms with E-state index in [0.717, 1.165) is 12.1 Å². The summed E-state index contributed by atoms with van der Waals surface area (Å²) in [6, 6.07) is 8.07. The number of aromatic nitrogens is 1. The molecule has 0 fully saturated rings. The average Bonchev–Trinajstić information content (AvgIpc) is 2.42. The zero-order valence-electron chi connectivity index (χ0n) is 10.2. The highest BCUT2D eigenvalue weighted by Gasteiger charge is 2.13. The summed E-state index contributed by atoms with van der Waals surface area (Å²) in [4.78, 5) is 16.0. The van der Waals surface area contributed by atoms with Gasteiger partial charge in [0.25, 0.3) is 5.91 Å². The van der Waals surface area contributed by atoms with Gasteiger partial charge in [-0.3, -0.25) is 9.78 Å². The molecule has 2 aromatic rings. The molecule has 0 aliphatic rings. The predicted octanol–water partition coefficient (Wildman–Crippen LogP) is 2.85. The van der Waals surface area contributed by atoms with E-state index in [1.54, 1.807) is 25.3 Å². The van der Waals surface area contributed by atoms with Gasteiger partial charge in [0.1, 0.15) is 0 Å². The van der Waals surface area contributed by atoms with Crippen molar-refractivity contribution in [3.05, 3.63) is 65.5 Å². The van der Waals surface area contributed by atoms with Gasteiger partial charge in [-0.05, 0) is 37.3 Å². The van der Waals surface area contributed by atoms with Crippen LogP contribution in [0.15, 0.2) is 42.6 Å². The number of hydrogen-bond acceptors (Lipinski definition) is 2. The normalized spacial score (nSPS) is 11.9. The quantitative estimate of drug-likeness (QED) is 0.924. The van der Waals surface area contributed by atoms with Crippen molar-refractivity contribution >= 4 is 5.91 Å². The number of benzene rings is 1. The third kappa shape index (κ3) is 3.13. The molecule has 0 aliphatic heterocycles. The molecule has 0 unspecified atom stereocenters. The fraction of sp³-hybridized carbons (Fsp3) is 0.143. The van der Waals surface area contributed by atoms with Crippen molar-refractivity contribution in [1.82, 2.24) is 10.3 Å². The number of nitrogens with one attached hydrogen (secondary N) is 1. The second-order valence-corrected chi connectivity index (χ2v) is 4.08. The summed E-state index contributed by atoms with van der Waals surface area (Å²) in [5.41, 5.74) is 0.764. The zero-order valence-corrected chi connectivity index (χ0v) is 10.2. The SMILES string of the molecule is C[C@@H](NC(=O)c1ccc(F)c(F)c1)c1ccccn1. The van der Waals surface area contributed by atoms with Gasteiger partial charge in [0.15, 0.2) is 11.6 Å². The average molecular weight is 262 g/mol. The van der Waals surface area contributed by atoms with Crippen LogP contribution in [0.2, 0.25) is 0 Å². The predicted molar refractivity (Wildman–Crippen MR) is 66.5 cm³/mol. The third-order valence-electron chi connectivity index (χ3n) is 2.66. The van der Waals surface area contributed by atoms with Crippen LogP contribution < -0.4 is 5.32 Å². The van der Waals surface area contributed by atoms with Gasteiger partial charge in [-0.2, -0.15) is 0 Å². The maximum Gasteiger partial charge on any atom is 0.251 e. The van der Waals surface area contributed by atoms with Gasteiger partial charge in [-0.1, -0.05) is 6.07 Å². The Hall–Kier alpha value is -2.30. The minimum Gasteiger partial charge on any atom is -0.344 e. The minimum absolute atomic E-state index is 0.0710. The molecule has 1 atom stereocenters. The van der Waals surface area contributed by atoms with Crippen LogP contribution in [0.1, 0.15) is 29.0 Å². The molecule has 0 spiro atoms. The van der Waals surface area contributed by atoms with Crippen LogP contribution in [0.3, 0.4) is 0 Å². The van der Waals surface area contributed by atoms with Gasteiger partial charge in [0.05, 0.1) is 11.7 Å². The molecule has 98 valence electrons. The van der Waals surface area contributed by atoms with E-state index in [1.165, 1.54) is 6.07 Å². The van der Waals surface area contributed by atoms with E-state index < -0.39 is 17.5 Å². The lowest BCUT2D eigenvalue weighted by molar-refractivity contribution is 0.0938. The zero-order chi connectivity index (χ0) is 13.8. The number of hydrogen-bond donors (Lipinski definition) is 1. The molecule has 0 saturated heterocycles. The van der Waals surface area contributed by atoms with Gasteiger partial charge >= 0.3 is 0 Å². The monoisotopic (exact) mass is 262 g/mol. The summed E-state index contributed by atoms with van der Waals surface area (Å²) >= 11 is 0. The summed E-state index contributed by atoms with van der Waals surface area (Å²) < 4.78 is 25.8. The summed E-state index contributed by atoms with van der Waals surface area (Å²) in [6.45, 7) is 1.76. The molecule has 1 aromatic carbocycles. The largest absolute Gasteiger partial charge is 0.344 e. The maximum atomic E-state index is 13.0. The molecule has 1 amide bonds. The van der Waals surface area contributed by atoms with E-state index in [0.29, 0.717) is 5.69 Å². The summed E-state index contributed by atoms with van der Waals surface area (Å²) in [5.74, 6) is -2.50. The van der Waals surface area contributed by atoms with E-state index in [-0.39, 0.29) is 11.6 Å². The highest BCUT2D eigenvalue weighted by atomic mass is 19.2. The molecule has 0 bridgehead atoms. The highest BCUT2D eigenvalue weighted by Crippen LogP contribution is 2.12. The molecule has 3 nitrogen and oxygen atoms in total. The highest BCUT2D eigenvalue weighted by molar-refractivity contribution is 5.94. The Morgan fingerprint density at radius 1 is 1.21 bits per heavy atom. The maximum absolute atomic E-state index is 13.0. The Kier molecular flexibility index (Phi) is 3.85. The van der Waals surface area contributed by atoms with Gasteiger partial charge in [0.2, 0.25) is 0 Å². The van der Waals surface area contributed by atoms with Crippen molar-refractivity contribution in [3.8, 4) is 0 Å². The van der Waals surface area contributed by atoms with Crippen LogP contribution in [0.4, 0.5) is 8.78 Å². The van der Waals surface area contributed by atoms with Crippen LogP contribution in [-0.2, 0) is 0 Å². The summed E-state index contributed by atoms with van der Waals surface area (Å²) in [6.07, 6.45) is 1.62. The fourth-order valence-electron chi connectivity index (χ4n) is 1.62. The molecule has 0 saturated carbocycles. The van der Waals surface area contributed by atoms with Crippen molar-refractivity contribution in [2.45, 2.75) is 13.0 Å². The molecule has 5 heteroatoms. The molecule has 1 N–H and O–H groups in total. The Morgan fingerprint density at radius 3 is 2.63 bits per heavy atom. The Bertz CT molecular complexity index is 587. The van der Waals surface area contributed by atoms with E-state index in [9.17, 15) is 13.6 Å². The van der Waals surface area contributed by atoms with E-state index >= 15 is 0 Å². The lowest BCUT2D eigenvalue weighted by Gasteiger charge is -2.13. The molecule has 19 heavy (non-hydrogen) atoms. The van der Waals surface area contributed by atoms with E-state index in [2.05, 4.69) is 10.3 Å². The smallest absolute Gasteiger partial charge is 0.251 e. The third-order valence-corrected chi connectivity index (χ3v) is 2.66. The summed E-state index contributed by atoms with van der Waals surface area (Å²) in [5, 5.41) is 2.67. The number of pyridine rings is 1. The standard InChI is InChI=1S/C14H12F2N2O/c1-9(13-4-2-3-7-17-13)18-14(19)10-5-6-11(15)12(16)8-10/h2-9H,1H3,(H,18,19)/t9-/m1/s1. The molecular formula is C14H12F2N2O. The number of carbonyl (C=O) groups excluding carboxylic acids is 1. The lowest BCUT2D eigenvalue weighted by Crippen LogP contribution is -2.27. The first-order valence-corrected chi connectivity index (χ1v) is 5.75. The van der Waals surface area contributed by atoms with Gasteiger partial charge in [0, 0.05) is 11.8 Å². The van der Waals surface area contributed by atoms with Crippen molar-refractivity contribution in [2.24, 2.45) is 0 Å². The number of halogens is 2. The first-order chi connectivity index (χ1) is 9.08. The second-order valence-electron chi connectivity index (χ2n) is 4.08. The van der Waals surface area contributed by atoms with Gasteiger partial charge < -0.3 is 5.32 Å². The molecule has 0 radical (unpaired) electrons. The Morgan fingerprint density at radius 2 is 2.00 bits per heavy atom. The topological polar surface area (TPSA) is 42.0 Å². The summed E-state index contributed by atoms with van der Waals surface area (Å²) in [7, 11) is 0. The van der Waals surface area contributed by atoms with Crippen molar-refractivity contribution < 1.29 is 13.6 Å². The minimum atomic E-state index is -1.04. The molecule has 2 rings (SSSR count). The molecule has 0 aliphatic carbocycles. The van der Waals surface area contributed by atoms with Crippen LogP contribution in [0, 0.1) is 11.6 Å². The van der Waals surface area contributed by atoms with Gasteiger partial charge in [-0.15, -0.1) is 0 Å². The molecule has 1 heterocycles. The first kappa shape index (κ1) is 13.1. The lowest BCUT2D eigenvalue weighted by atomic mass is 10.1. The van der Waals surface area contributed by atoms with Crippen molar-refractivity contribution in [1.29, 1.82) is 0 Å². The van der Waals surface area contributed by atoms with Crippen LogP contribution in [0.25, 0.3) is 0 Å². The van der Waals surface area contributed by atoms with Crippen molar-refractivity contribution in [2.75, 3.05) is 0 Å². The first-order valence-electron chi connectivity index (χ1n) is 5.75. The molecule has 1 aromatic heterocycles. The van der Waals surface area contributed by atoms with E-state index in [4.69, 9.17) is 0 Å². The van der Waals surface area contributed by atoms with Crippen LogP contribution in [0.5, 0.6) is 0 Å². The molecular weight excluding hydrogens is 250 g/mol. The fourth-order valence-corrected chi connectivity index (χ4v) is 1.62. The van der Waals surface area contributed by atoms with Gasteiger partial charge in [-0.25, -0.2) is 8.78 Å². The second kappa shape index (κ2) is 5.56. The van der Waals surface area contributed by atoms with Crippen molar-refractivity contribution in [3.63, 3.8) is 0 Å². The van der Waals surface area contributed by atoms with Crippen LogP contribution >= 0.6 is 0 Å². The number of amides is 1. The number of carbonyl (C=O) groups is 1. The Balaban J connectivity index is 2.11. The van der Waals surface area contributed by atoms with Crippen LogP contribution in [-0.4, -0.2) is 10.9 Å². The number of nitrogens with zero attached hydrogens (tertiary/aromatic N) is 1.